The number of aromatic nitrogens is 2. The number of nitro benzene ring substituents is 1. The minimum absolute atomic E-state index is 0.0958. The molecular formula is C20H23N5O2. The van der Waals surface area contributed by atoms with E-state index < -0.39 is 0 Å². The molecule has 3 heterocycles. The molecule has 140 valence electrons. The number of nitrogens with zero attached hydrogens (tertiary/aromatic N) is 4. The lowest BCUT2D eigenvalue weighted by atomic mass is 10.1. The molecule has 0 saturated carbocycles. The van der Waals surface area contributed by atoms with Crippen LogP contribution in [0.5, 0.6) is 0 Å². The summed E-state index contributed by atoms with van der Waals surface area (Å²) in [5.41, 5.74) is 5.09. The fourth-order valence-electron chi connectivity index (χ4n) is 3.59. The number of aryl methyl sites for hydroxylation is 1. The second-order valence-corrected chi connectivity index (χ2v) is 7.02. The Hall–Kier alpha value is -2.77. The summed E-state index contributed by atoms with van der Waals surface area (Å²) in [7, 11) is 0. The maximum atomic E-state index is 11.0. The molecular weight excluding hydrogens is 342 g/mol. The second-order valence-electron chi connectivity index (χ2n) is 7.02. The Morgan fingerprint density at radius 1 is 1.19 bits per heavy atom. The van der Waals surface area contributed by atoms with Crippen molar-refractivity contribution in [3.8, 4) is 11.3 Å². The van der Waals surface area contributed by atoms with E-state index in [1.807, 2.05) is 0 Å². The van der Waals surface area contributed by atoms with Crippen LogP contribution in [0.25, 0.3) is 16.9 Å². The number of benzene rings is 1. The predicted octanol–water partition coefficient (Wildman–Crippen LogP) is 3.01. The summed E-state index contributed by atoms with van der Waals surface area (Å²) in [4.78, 5) is 17.9. The van der Waals surface area contributed by atoms with Crippen LogP contribution in [-0.4, -0.2) is 45.4 Å². The lowest BCUT2D eigenvalue weighted by Gasteiger charge is -2.20. The van der Waals surface area contributed by atoms with Gasteiger partial charge in [-0.05, 0) is 56.3 Å². The third-order valence-electron chi connectivity index (χ3n) is 5.04. The average Bonchev–Trinajstić information content (AvgIpc) is 2.82. The highest BCUT2D eigenvalue weighted by Gasteiger charge is 2.19. The van der Waals surface area contributed by atoms with Crippen LogP contribution in [-0.2, 0) is 6.54 Å². The normalized spacial score (nSPS) is 15.7. The van der Waals surface area contributed by atoms with Gasteiger partial charge in [-0.25, -0.2) is 4.98 Å². The molecule has 27 heavy (non-hydrogen) atoms. The van der Waals surface area contributed by atoms with E-state index in [2.05, 4.69) is 39.9 Å². The SMILES string of the molecule is Cc1ccn2c(CN3CCCNCC3)c(-c3ccc([N+](=O)[O-])cc3)nc2c1. The minimum Gasteiger partial charge on any atom is -0.315 e. The van der Waals surface area contributed by atoms with Gasteiger partial charge in [0, 0.05) is 43.5 Å². The summed E-state index contributed by atoms with van der Waals surface area (Å²) in [5, 5.41) is 14.4. The molecule has 7 heteroatoms. The number of pyridine rings is 1. The molecule has 1 aromatic carbocycles. The fourth-order valence-corrected chi connectivity index (χ4v) is 3.59. The molecule has 1 aliphatic rings. The van der Waals surface area contributed by atoms with Gasteiger partial charge >= 0.3 is 0 Å². The Morgan fingerprint density at radius 3 is 2.78 bits per heavy atom. The van der Waals surface area contributed by atoms with Crippen LogP contribution in [0.4, 0.5) is 5.69 Å². The minimum atomic E-state index is -0.373. The quantitative estimate of drug-likeness (QED) is 0.568. The molecule has 0 radical (unpaired) electrons. The number of hydrogen-bond acceptors (Lipinski definition) is 5. The summed E-state index contributed by atoms with van der Waals surface area (Å²) in [6, 6.07) is 10.8. The number of fused-ring (bicyclic) bond motifs is 1. The Morgan fingerprint density at radius 2 is 2.00 bits per heavy atom. The molecule has 0 unspecified atom stereocenters. The molecule has 0 atom stereocenters. The van der Waals surface area contributed by atoms with Crippen molar-refractivity contribution >= 4 is 11.3 Å². The summed E-state index contributed by atoms with van der Waals surface area (Å²) in [6.07, 6.45) is 3.20. The molecule has 1 saturated heterocycles. The first kappa shape index (κ1) is 17.6. The van der Waals surface area contributed by atoms with Crippen molar-refractivity contribution in [1.29, 1.82) is 0 Å². The fraction of sp³-hybridized carbons (Fsp3) is 0.350. The van der Waals surface area contributed by atoms with E-state index in [0.29, 0.717) is 0 Å². The summed E-state index contributed by atoms with van der Waals surface area (Å²) >= 11 is 0. The van der Waals surface area contributed by atoms with Gasteiger partial charge in [0.15, 0.2) is 0 Å². The highest BCUT2D eigenvalue weighted by molar-refractivity contribution is 5.68. The molecule has 1 N–H and O–H groups in total. The van der Waals surface area contributed by atoms with Crippen LogP contribution in [0.2, 0.25) is 0 Å². The molecule has 3 aromatic rings. The van der Waals surface area contributed by atoms with E-state index in [9.17, 15) is 10.1 Å². The Kier molecular flexibility index (Phi) is 4.87. The summed E-state index contributed by atoms with van der Waals surface area (Å²) < 4.78 is 2.14. The largest absolute Gasteiger partial charge is 0.315 e. The number of non-ortho nitro benzene ring substituents is 1. The van der Waals surface area contributed by atoms with Crippen molar-refractivity contribution in [2.75, 3.05) is 26.2 Å². The third-order valence-corrected chi connectivity index (χ3v) is 5.04. The van der Waals surface area contributed by atoms with Gasteiger partial charge in [0.1, 0.15) is 5.65 Å². The Balaban J connectivity index is 1.77. The lowest BCUT2D eigenvalue weighted by molar-refractivity contribution is -0.384. The summed E-state index contributed by atoms with van der Waals surface area (Å²) in [6.45, 7) is 6.95. The zero-order chi connectivity index (χ0) is 18.8. The first-order valence-corrected chi connectivity index (χ1v) is 9.27. The zero-order valence-corrected chi connectivity index (χ0v) is 15.4. The van der Waals surface area contributed by atoms with Crippen molar-refractivity contribution in [2.45, 2.75) is 19.9 Å². The van der Waals surface area contributed by atoms with E-state index in [1.54, 1.807) is 24.3 Å². The second kappa shape index (κ2) is 7.46. The van der Waals surface area contributed by atoms with Crippen molar-refractivity contribution in [3.05, 3.63) is 64.0 Å². The number of hydrogen-bond donors (Lipinski definition) is 1. The van der Waals surface area contributed by atoms with E-state index >= 15 is 0 Å². The molecule has 1 aliphatic heterocycles. The van der Waals surface area contributed by atoms with Crippen molar-refractivity contribution < 1.29 is 4.92 Å². The number of nitro groups is 1. The monoisotopic (exact) mass is 365 g/mol. The van der Waals surface area contributed by atoms with E-state index in [0.717, 1.165) is 67.3 Å². The molecule has 0 aliphatic carbocycles. The van der Waals surface area contributed by atoms with Crippen molar-refractivity contribution in [1.82, 2.24) is 19.6 Å². The Bertz CT molecular complexity index is 956. The van der Waals surface area contributed by atoms with Crippen LogP contribution >= 0.6 is 0 Å². The highest BCUT2D eigenvalue weighted by atomic mass is 16.6. The van der Waals surface area contributed by atoms with Gasteiger partial charge in [0.05, 0.1) is 16.3 Å². The predicted molar refractivity (Wildman–Crippen MR) is 105 cm³/mol. The standard InChI is InChI=1S/C20H23N5O2/c1-15-7-11-24-18(14-23-10-2-8-21-9-12-23)20(22-19(24)13-15)16-3-5-17(6-4-16)25(26)27/h3-7,11,13,21H,2,8-10,12,14H2,1H3. The zero-order valence-electron chi connectivity index (χ0n) is 15.4. The Labute approximate surface area is 157 Å². The molecule has 0 spiro atoms. The van der Waals surface area contributed by atoms with Crippen molar-refractivity contribution in [3.63, 3.8) is 0 Å². The van der Waals surface area contributed by atoms with E-state index in [-0.39, 0.29) is 10.6 Å². The maximum absolute atomic E-state index is 11.0. The highest BCUT2D eigenvalue weighted by Crippen LogP contribution is 2.28. The molecule has 0 bridgehead atoms. The number of imidazole rings is 1. The number of nitrogens with one attached hydrogen (secondary N) is 1. The molecule has 4 rings (SSSR count). The van der Waals surface area contributed by atoms with Gasteiger partial charge in [-0.1, -0.05) is 0 Å². The average molecular weight is 365 g/mol. The molecule has 7 nitrogen and oxygen atoms in total. The van der Waals surface area contributed by atoms with Gasteiger partial charge in [0.2, 0.25) is 0 Å². The van der Waals surface area contributed by atoms with Gasteiger partial charge in [-0.2, -0.15) is 0 Å². The van der Waals surface area contributed by atoms with Crippen LogP contribution in [0.3, 0.4) is 0 Å². The first-order chi connectivity index (χ1) is 13.1. The topological polar surface area (TPSA) is 75.7 Å². The smallest absolute Gasteiger partial charge is 0.269 e. The van der Waals surface area contributed by atoms with Crippen molar-refractivity contribution in [2.24, 2.45) is 0 Å². The molecule has 0 amide bonds. The molecule has 1 fully saturated rings. The third kappa shape index (κ3) is 3.70. The van der Waals surface area contributed by atoms with Gasteiger partial charge in [-0.3, -0.25) is 15.0 Å². The maximum Gasteiger partial charge on any atom is 0.269 e. The first-order valence-electron chi connectivity index (χ1n) is 9.27. The van der Waals surface area contributed by atoms with Gasteiger partial charge < -0.3 is 9.72 Å². The van der Waals surface area contributed by atoms with Gasteiger partial charge in [-0.15, -0.1) is 0 Å². The summed E-state index contributed by atoms with van der Waals surface area (Å²) in [5.74, 6) is 0. The number of rotatable bonds is 4. The van der Waals surface area contributed by atoms with Crippen LogP contribution in [0.15, 0.2) is 42.6 Å². The van der Waals surface area contributed by atoms with E-state index in [4.69, 9.17) is 4.98 Å². The molecule has 2 aromatic heterocycles. The van der Waals surface area contributed by atoms with E-state index in [1.165, 1.54) is 0 Å². The van der Waals surface area contributed by atoms with Crippen LogP contribution < -0.4 is 5.32 Å². The van der Waals surface area contributed by atoms with Crippen LogP contribution in [0.1, 0.15) is 17.7 Å². The van der Waals surface area contributed by atoms with Crippen LogP contribution in [0, 0.1) is 17.0 Å². The lowest BCUT2D eigenvalue weighted by Crippen LogP contribution is -2.28. The van der Waals surface area contributed by atoms with Gasteiger partial charge in [0.25, 0.3) is 5.69 Å².